The second kappa shape index (κ2) is 9.77. The van der Waals surface area contributed by atoms with Crippen LogP contribution in [-0.2, 0) is 4.79 Å². The van der Waals surface area contributed by atoms with Crippen molar-refractivity contribution in [1.82, 2.24) is 24.5 Å². The van der Waals surface area contributed by atoms with E-state index in [-0.39, 0.29) is 17.2 Å². The van der Waals surface area contributed by atoms with Crippen LogP contribution >= 0.6 is 11.8 Å². The number of aromatic nitrogens is 5. The Kier molecular flexibility index (Phi) is 6.22. The van der Waals surface area contributed by atoms with E-state index in [1.807, 2.05) is 42.5 Å². The number of ether oxygens (including phenoxy) is 1. The Morgan fingerprint density at radius 3 is 2.66 bits per heavy atom. The Balaban J connectivity index is 1.37. The number of carbonyl (C=O) groups is 1. The minimum absolute atomic E-state index is 0.0317. The van der Waals surface area contributed by atoms with Crippen LogP contribution in [0.1, 0.15) is 0 Å². The zero-order valence-corrected chi connectivity index (χ0v) is 19.4. The molecule has 0 bridgehead atoms. The van der Waals surface area contributed by atoms with Crippen LogP contribution in [-0.4, -0.2) is 43.3 Å². The molecule has 0 fully saturated rings. The fraction of sp³-hybridized carbons (Fsp3) is 0.0833. The van der Waals surface area contributed by atoms with Crippen LogP contribution in [0.4, 0.5) is 5.82 Å². The molecule has 3 heterocycles. The fourth-order valence-electron chi connectivity index (χ4n) is 3.51. The first kappa shape index (κ1) is 22.3. The van der Waals surface area contributed by atoms with Crippen molar-refractivity contribution in [3.8, 4) is 28.7 Å². The second-order valence-electron chi connectivity index (χ2n) is 7.31. The van der Waals surface area contributed by atoms with E-state index in [1.165, 1.54) is 22.5 Å². The number of hydrogen-bond acceptors (Lipinski definition) is 7. The lowest BCUT2D eigenvalue weighted by molar-refractivity contribution is -0.113. The summed E-state index contributed by atoms with van der Waals surface area (Å²) in [5, 5.41) is 14.7. The maximum Gasteiger partial charge on any atom is 0.273 e. The number of rotatable bonds is 8. The average Bonchev–Trinajstić information content (AvgIpc) is 3.63. The number of methoxy groups -OCH3 is 1. The normalized spacial score (nSPS) is 10.9. The van der Waals surface area contributed by atoms with Gasteiger partial charge in [-0.3, -0.25) is 19.3 Å². The van der Waals surface area contributed by atoms with E-state index in [4.69, 9.17) is 9.15 Å². The van der Waals surface area contributed by atoms with Crippen molar-refractivity contribution in [3.05, 3.63) is 89.4 Å². The Morgan fingerprint density at radius 2 is 1.89 bits per heavy atom. The summed E-state index contributed by atoms with van der Waals surface area (Å²) in [6.45, 7) is 0. The molecule has 0 radical (unpaired) electrons. The van der Waals surface area contributed by atoms with E-state index in [2.05, 4.69) is 20.6 Å². The van der Waals surface area contributed by atoms with Gasteiger partial charge >= 0.3 is 0 Å². The van der Waals surface area contributed by atoms with Gasteiger partial charge in [0.25, 0.3) is 5.56 Å². The Labute approximate surface area is 203 Å². The minimum Gasteiger partial charge on any atom is -0.495 e. The number of nitrogens with one attached hydrogen (secondary N) is 2. The van der Waals surface area contributed by atoms with Gasteiger partial charge in [0.1, 0.15) is 11.6 Å². The number of H-pyrrole nitrogens is 1. The standard InChI is InChI=1S/C24H20N6O4S/c1-33-18-11-6-5-10-17(18)29-23(19-12-7-13-34-19)26-27-24(29)35-15-21(31)25-20-14-22(32)30(28-20)16-8-3-2-4-9-16/h2-14,28H,15H2,1H3,(H,25,31). The van der Waals surface area contributed by atoms with E-state index in [1.54, 1.807) is 42.2 Å². The Morgan fingerprint density at radius 1 is 1.09 bits per heavy atom. The van der Waals surface area contributed by atoms with Gasteiger partial charge in [0.05, 0.1) is 30.5 Å². The predicted molar refractivity (Wildman–Crippen MR) is 131 cm³/mol. The molecule has 176 valence electrons. The topological polar surface area (TPSA) is 120 Å². The summed E-state index contributed by atoms with van der Waals surface area (Å²) in [4.78, 5) is 25.0. The molecule has 0 unspecified atom stereocenters. The van der Waals surface area contributed by atoms with Gasteiger partial charge in [-0.1, -0.05) is 42.1 Å². The van der Waals surface area contributed by atoms with Gasteiger partial charge in [0.15, 0.2) is 10.9 Å². The van der Waals surface area contributed by atoms with Crippen molar-refractivity contribution >= 4 is 23.5 Å². The molecule has 0 aliphatic heterocycles. The summed E-state index contributed by atoms with van der Waals surface area (Å²) < 4.78 is 14.2. The number of hydrogen-bond donors (Lipinski definition) is 2. The molecule has 2 aromatic carbocycles. The molecule has 5 aromatic rings. The highest BCUT2D eigenvalue weighted by molar-refractivity contribution is 7.99. The number of benzene rings is 2. The molecule has 11 heteroatoms. The molecule has 0 saturated carbocycles. The number of para-hydroxylation sites is 3. The van der Waals surface area contributed by atoms with Crippen LogP contribution < -0.4 is 15.6 Å². The summed E-state index contributed by atoms with van der Waals surface area (Å²) in [5.74, 6) is 1.64. The van der Waals surface area contributed by atoms with Gasteiger partial charge in [0, 0.05) is 6.07 Å². The third kappa shape index (κ3) is 4.62. The van der Waals surface area contributed by atoms with Crippen molar-refractivity contribution < 1.29 is 13.9 Å². The van der Waals surface area contributed by atoms with E-state index >= 15 is 0 Å². The maximum atomic E-state index is 12.7. The molecule has 0 atom stereocenters. The first-order valence-electron chi connectivity index (χ1n) is 10.6. The van der Waals surface area contributed by atoms with E-state index in [0.29, 0.717) is 39.7 Å². The van der Waals surface area contributed by atoms with Gasteiger partial charge in [-0.15, -0.1) is 10.2 Å². The SMILES string of the molecule is COc1ccccc1-n1c(SCC(=O)Nc2cc(=O)n(-c3ccccc3)[nH]2)nnc1-c1ccco1. The Bertz CT molecular complexity index is 1500. The summed E-state index contributed by atoms with van der Waals surface area (Å²) >= 11 is 1.20. The molecular formula is C24H20N6O4S. The molecule has 5 rings (SSSR count). The highest BCUT2D eigenvalue weighted by atomic mass is 32.2. The summed E-state index contributed by atoms with van der Waals surface area (Å²) in [6.07, 6.45) is 1.55. The molecule has 2 N–H and O–H groups in total. The van der Waals surface area contributed by atoms with E-state index in [9.17, 15) is 9.59 Å². The number of thioether (sulfide) groups is 1. The van der Waals surface area contributed by atoms with Crippen LogP contribution in [0.3, 0.4) is 0 Å². The zero-order valence-electron chi connectivity index (χ0n) is 18.5. The van der Waals surface area contributed by atoms with Crippen LogP contribution in [0.5, 0.6) is 5.75 Å². The van der Waals surface area contributed by atoms with E-state index < -0.39 is 0 Å². The average molecular weight is 489 g/mol. The van der Waals surface area contributed by atoms with Crippen molar-refractivity contribution in [2.45, 2.75) is 5.16 Å². The van der Waals surface area contributed by atoms with Crippen LogP contribution in [0.15, 0.2) is 93.4 Å². The predicted octanol–water partition coefficient (Wildman–Crippen LogP) is 3.75. The van der Waals surface area contributed by atoms with Crippen molar-refractivity contribution in [2.75, 3.05) is 18.2 Å². The largest absolute Gasteiger partial charge is 0.495 e. The molecule has 35 heavy (non-hydrogen) atoms. The van der Waals surface area contributed by atoms with Crippen LogP contribution in [0.25, 0.3) is 23.0 Å². The Hall–Kier alpha value is -4.51. The van der Waals surface area contributed by atoms with Crippen molar-refractivity contribution in [3.63, 3.8) is 0 Å². The fourth-order valence-corrected chi connectivity index (χ4v) is 4.25. The highest BCUT2D eigenvalue weighted by Crippen LogP contribution is 2.32. The number of nitrogens with zero attached hydrogens (tertiary/aromatic N) is 4. The van der Waals surface area contributed by atoms with Crippen molar-refractivity contribution in [2.24, 2.45) is 0 Å². The summed E-state index contributed by atoms with van der Waals surface area (Å²) in [5.41, 5.74) is 1.10. The number of furan rings is 1. The van der Waals surface area contributed by atoms with Crippen molar-refractivity contribution in [1.29, 1.82) is 0 Å². The number of aromatic amines is 1. The number of anilines is 1. The third-order valence-corrected chi connectivity index (χ3v) is 5.97. The lowest BCUT2D eigenvalue weighted by atomic mass is 10.3. The first-order chi connectivity index (χ1) is 17.1. The van der Waals surface area contributed by atoms with E-state index in [0.717, 1.165) is 0 Å². The monoisotopic (exact) mass is 488 g/mol. The number of amides is 1. The molecule has 1 amide bonds. The van der Waals surface area contributed by atoms with Crippen LogP contribution in [0.2, 0.25) is 0 Å². The van der Waals surface area contributed by atoms with Gasteiger partial charge in [-0.2, -0.15) is 0 Å². The molecule has 3 aromatic heterocycles. The second-order valence-corrected chi connectivity index (χ2v) is 8.25. The minimum atomic E-state index is -0.314. The van der Waals surface area contributed by atoms with Crippen LogP contribution in [0, 0.1) is 0 Å². The molecule has 0 spiro atoms. The van der Waals surface area contributed by atoms with Gasteiger partial charge in [-0.05, 0) is 36.4 Å². The number of carbonyl (C=O) groups excluding carboxylic acids is 1. The molecule has 0 saturated heterocycles. The lowest BCUT2D eigenvalue weighted by Crippen LogP contribution is -2.15. The molecule has 0 aliphatic rings. The highest BCUT2D eigenvalue weighted by Gasteiger charge is 2.21. The molecule has 0 aliphatic carbocycles. The van der Waals surface area contributed by atoms with Gasteiger partial charge < -0.3 is 14.5 Å². The van der Waals surface area contributed by atoms with Gasteiger partial charge in [0.2, 0.25) is 11.7 Å². The van der Waals surface area contributed by atoms with Gasteiger partial charge in [-0.25, -0.2) is 4.68 Å². The third-order valence-electron chi connectivity index (χ3n) is 5.04. The quantitative estimate of drug-likeness (QED) is 0.319. The smallest absolute Gasteiger partial charge is 0.273 e. The molecule has 10 nitrogen and oxygen atoms in total. The first-order valence-corrected chi connectivity index (χ1v) is 11.6. The maximum absolute atomic E-state index is 12.7. The lowest BCUT2D eigenvalue weighted by Gasteiger charge is -2.12. The molecular weight excluding hydrogens is 468 g/mol. The summed E-state index contributed by atoms with van der Waals surface area (Å²) in [6, 6.07) is 21.4. The summed E-state index contributed by atoms with van der Waals surface area (Å²) in [7, 11) is 1.58. The zero-order chi connectivity index (χ0) is 24.2.